The maximum absolute atomic E-state index is 12.8. The Hall–Kier alpha value is -1.39. The highest BCUT2D eigenvalue weighted by Crippen LogP contribution is 2.32. The van der Waals surface area contributed by atoms with Crippen molar-refractivity contribution in [3.8, 4) is 0 Å². The molecule has 3 atom stereocenters. The molecule has 0 radical (unpaired) electrons. The van der Waals surface area contributed by atoms with Gasteiger partial charge in [0.25, 0.3) is 0 Å². The van der Waals surface area contributed by atoms with Gasteiger partial charge in [0.05, 0.1) is 25.4 Å². The first kappa shape index (κ1) is 17.4. The fourth-order valence-electron chi connectivity index (χ4n) is 4.04. The maximum atomic E-state index is 12.8. The fourth-order valence-corrected chi connectivity index (χ4v) is 4.04. The second-order valence-corrected chi connectivity index (χ2v) is 7.06. The van der Waals surface area contributed by atoms with E-state index in [0.29, 0.717) is 26.2 Å². The summed E-state index contributed by atoms with van der Waals surface area (Å²) < 4.78 is 5.61. The Morgan fingerprint density at radius 1 is 1.25 bits per heavy atom. The summed E-state index contributed by atoms with van der Waals surface area (Å²) in [6, 6.07) is 8.59. The number of amides is 1. The number of morpholine rings is 1. The van der Waals surface area contributed by atoms with Crippen LogP contribution in [0.4, 0.5) is 0 Å². The average Bonchev–Trinajstić information content (AvgIpc) is 3.06. The molecule has 2 fully saturated rings. The molecular formula is C20H29NO3. The lowest BCUT2D eigenvalue weighted by Crippen LogP contribution is -2.53. The molecule has 1 aliphatic heterocycles. The molecule has 24 heavy (non-hydrogen) atoms. The van der Waals surface area contributed by atoms with Gasteiger partial charge in [-0.3, -0.25) is 4.79 Å². The zero-order valence-corrected chi connectivity index (χ0v) is 14.6. The fraction of sp³-hybridized carbons (Fsp3) is 0.650. The Bertz CT molecular complexity index is 542. The van der Waals surface area contributed by atoms with E-state index in [1.54, 1.807) is 0 Å². The monoisotopic (exact) mass is 331 g/mol. The lowest BCUT2D eigenvalue weighted by Gasteiger charge is -2.40. The Labute approximate surface area is 144 Å². The largest absolute Gasteiger partial charge is 0.393 e. The number of ether oxygens (including phenoxy) is 1. The van der Waals surface area contributed by atoms with Crippen molar-refractivity contribution in [2.24, 2.45) is 5.92 Å². The Kier molecular flexibility index (Phi) is 5.90. The molecule has 1 heterocycles. The van der Waals surface area contributed by atoms with Gasteiger partial charge in [0.1, 0.15) is 0 Å². The highest BCUT2D eigenvalue weighted by Gasteiger charge is 2.39. The average molecular weight is 331 g/mol. The molecule has 1 amide bonds. The van der Waals surface area contributed by atoms with Crippen LogP contribution in [0.25, 0.3) is 0 Å². The number of carbonyl (C=O) groups excluding carboxylic acids is 1. The van der Waals surface area contributed by atoms with Crippen LogP contribution in [0, 0.1) is 5.92 Å². The van der Waals surface area contributed by atoms with Gasteiger partial charge in [-0.25, -0.2) is 0 Å². The number of nitrogens with zero attached hydrogens (tertiary/aromatic N) is 1. The second-order valence-electron chi connectivity index (χ2n) is 7.06. The summed E-state index contributed by atoms with van der Waals surface area (Å²) in [5.74, 6) is 0.375. The van der Waals surface area contributed by atoms with Crippen molar-refractivity contribution >= 4 is 5.91 Å². The summed E-state index contributed by atoms with van der Waals surface area (Å²) in [5.41, 5.74) is 2.54. The number of carbonyl (C=O) groups is 1. The molecule has 4 nitrogen and oxygen atoms in total. The van der Waals surface area contributed by atoms with E-state index >= 15 is 0 Å². The molecule has 3 rings (SSSR count). The van der Waals surface area contributed by atoms with Crippen LogP contribution in [0.3, 0.4) is 0 Å². The molecule has 1 aliphatic carbocycles. The summed E-state index contributed by atoms with van der Waals surface area (Å²) >= 11 is 0. The van der Waals surface area contributed by atoms with Crippen LogP contribution in [0.1, 0.15) is 43.7 Å². The lowest BCUT2D eigenvalue weighted by atomic mass is 9.93. The van der Waals surface area contributed by atoms with E-state index in [9.17, 15) is 9.90 Å². The molecule has 1 N–H and O–H groups in total. The molecule has 3 unspecified atom stereocenters. The Morgan fingerprint density at radius 2 is 2.00 bits per heavy atom. The van der Waals surface area contributed by atoms with Crippen LogP contribution in [0.15, 0.2) is 24.3 Å². The molecule has 1 saturated heterocycles. The van der Waals surface area contributed by atoms with Crippen molar-refractivity contribution in [2.45, 2.75) is 57.6 Å². The first-order valence-electron chi connectivity index (χ1n) is 9.32. The number of hydrogen-bond acceptors (Lipinski definition) is 3. The van der Waals surface area contributed by atoms with Crippen molar-refractivity contribution < 1.29 is 14.6 Å². The predicted octanol–water partition coefficient (Wildman–Crippen LogP) is 2.57. The lowest BCUT2D eigenvalue weighted by molar-refractivity contribution is -0.143. The van der Waals surface area contributed by atoms with Crippen LogP contribution in [0.5, 0.6) is 0 Å². The number of aryl methyl sites for hydroxylation is 2. The summed E-state index contributed by atoms with van der Waals surface area (Å²) in [7, 11) is 0. The number of benzene rings is 1. The second kappa shape index (κ2) is 8.13. The Balaban J connectivity index is 1.59. The minimum Gasteiger partial charge on any atom is -0.393 e. The predicted molar refractivity (Wildman–Crippen MR) is 93.8 cm³/mol. The molecule has 132 valence electrons. The van der Waals surface area contributed by atoms with E-state index in [4.69, 9.17) is 4.74 Å². The summed E-state index contributed by atoms with van der Waals surface area (Å²) in [6.45, 7) is 3.98. The van der Waals surface area contributed by atoms with Crippen LogP contribution < -0.4 is 0 Å². The van der Waals surface area contributed by atoms with Crippen LogP contribution in [-0.4, -0.2) is 47.8 Å². The van der Waals surface area contributed by atoms with Crippen LogP contribution in [0.2, 0.25) is 0 Å². The van der Waals surface area contributed by atoms with Gasteiger partial charge < -0.3 is 14.7 Å². The third-order valence-corrected chi connectivity index (χ3v) is 5.57. The minimum absolute atomic E-state index is 0.0474. The number of rotatable bonds is 5. The van der Waals surface area contributed by atoms with Gasteiger partial charge in [-0.2, -0.15) is 0 Å². The molecule has 0 spiro atoms. The Morgan fingerprint density at radius 3 is 2.67 bits per heavy atom. The highest BCUT2D eigenvalue weighted by atomic mass is 16.5. The van der Waals surface area contributed by atoms with Crippen molar-refractivity contribution in [3.63, 3.8) is 0 Å². The SMILES string of the molecule is CCc1ccc(CCC(=O)N2CCOCC2C2CCCC2O)cc1. The maximum Gasteiger partial charge on any atom is 0.223 e. The van der Waals surface area contributed by atoms with Crippen LogP contribution >= 0.6 is 0 Å². The first-order chi connectivity index (χ1) is 11.7. The third-order valence-electron chi connectivity index (χ3n) is 5.57. The smallest absolute Gasteiger partial charge is 0.223 e. The van der Waals surface area contributed by atoms with Crippen molar-refractivity contribution in [1.29, 1.82) is 0 Å². The number of aliphatic hydroxyl groups is 1. The number of aliphatic hydroxyl groups excluding tert-OH is 1. The van der Waals surface area contributed by atoms with Gasteiger partial charge in [0.15, 0.2) is 0 Å². The normalized spacial score (nSPS) is 27.4. The van der Waals surface area contributed by atoms with Crippen molar-refractivity contribution in [3.05, 3.63) is 35.4 Å². The minimum atomic E-state index is -0.284. The van der Waals surface area contributed by atoms with Gasteiger partial charge in [-0.05, 0) is 36.8 Å². The van der Waals surface area contributed by atoms with Crippen LogP contribution in [-0.2, 0) is 22.4 Å². The van der Waals surface area contributed by atoms with E-state index in [1.165, 1.54) is 11.1 Å². The molecule has 0 aromatic heterocycles. The zero-order chi connectivity index (χ0) is 16.9. The summed E-state index contributed by atoms with van der Waals surface area (Å²) in [4.78, 5) is 14.7. The van der Waals surface area contributed by atoms with E-state index in [2.05, 4.69) is 31.2 Å². The summed E-state index contributed by atoms with van der Waals surface area (Å²) in [5, 5.41) is 10.2. The molecule has 1 saturated carbocycles. The molecular weight excluding hydrogens is 302 g/mol. The van der Waals surface area contributed by atoms with Gasteiger partial charge >= 0.3 is 0 Å². The zero-order valence-electron chi connectivity index (χ0n) is 14.6. The number of hydrogen-bond donors (Lipinski definition) is 1. The quantitative estimate of drug-likeness (QED) is 0.902. The van der Waals surface area contributed by atoms with Gasteiger partial charge in [-0.1, -0.05) is 37.6 Å². The first-order valence-corrected chi connectivity index (χ1v) is 9.32. The molecule has 4 heteroatoms. The topological polar surface area (TPSA) is 49.8 Å². The van der Waals surface area contributed by atoms with Crippen molar-refractivity contribution in [2.75, 3.05) is 19.8 Å². The van der Waals surface area contributed by atoms with Crippen molar-refractivity contribution in [1.82, 2.24) is 4.90 Å². The van der Waals surface area contributed by atoms with E-state index < -0.39 is 0 Å². The van der Waals surface area contributed by atoms with E-state index in [1.807, 2.05) is 4.90 Å². The standard InChI is InChI=1S/C20H29NO3/c1-2-15-6-8-16(9-7-15)10-11-20(23)21-12-13-24-14-18(21)17-4-3-5-19(17)22/h6-9,17-19,22H,2-5,10-14H2,1H3. The van der Waals surface area contributed by atoms with E-state index in [0.717, 1.165) is 32.1 Å². The molecule has 2 aliphatic rings. The summed E-state index contributed by atoms with van der Waals surface area (Å²) in [6.07, 6.45) is 4.97. The van der Waals surface area contributed by atoms with Gasteiger partial charge in [0.2, 0.25) is 5.91 Å². The molecule has 1 aromatic carbocycles. The highest BCUT2D eigenvalue weighted by molar-refractivity contribution is 5.77. The molecule has 1 aromatic rings. The van der Waals surface area contributed by atoms with E-state index in [-0.39, 0.29) is 24.0 Å². The van der Waals surface area contributed by atoms with Gasteiger partial charge in [-0.15, -0.1) is 0 Å². The molecule has 0 bridgehead atoms. The van der Waals surface area contributed by atoms with Gasteiger partial charge in [0, 0.05) is 18.9 Å². The third kappa shape index (κ3) is 3.98.